The molecule has 0 spiro atoms. The molecule has 0 atom stereocenters. The van der Waals surface area contributed by atoms with Gasteiger partial charge in [0.15, 0.2) is 0 Å². The Morgan fingerprint density at radius 2 is 1.56 bits per heavy atom. The third-order valence-electron chi connectivity index (χ3n) is 3.64. The number of rotatable bonds is 7. The lowest BCUT2D eigenvalue weighted by Gasteiger charge is -2.04. The van der Waals surface area contributed by atoms with Gasteiger partial charge in [0.05, 0.1) is 12.7 Å². The third kappa shape index (κ3) is 4.34. The molecule has 6 nitrogen and oxygen atoms in total. The Morgan fingerprint density at radius 1 is 0.960 bits per heavy atom. The van der Waals surface area contributed by atoms with Gasteiger partial charge in [-0.2, -0.15) is 4.79 Å². The van der Waals surface area contributed by atoms with Crippen molar-refractivity contribution in [2.24, 2.45) is 0 Å². The minimum absolute atomic E-state index is 0.00649. The first-order valence-electron chi connectivity index (χ1n) is 7.59. The first kappa shape index (κ1) is 18.0. The molecule has 0 fully saturated rings. The molecule has 0 bridgehead atoms. The van der Waals surface area contributed by atoms with Crippen molar-refractivity contribution in [3.05, 3.63) is 76.8 Å². The predicted molar refractivity (Wildman–Crippen MR) is 90.5 cm³/mol. The summed E-state index contributed by atoms with van der Waals surface area (Å²) in [7, 11) is 1.19. The summed E-state index contributed by atoms with van der Waals surface area (Å²) in [6.07, 6.45) is 0.417. The molecule has 0 aliphatic rings. The van der Waals surface area contributed by atoms with E-state index in [1.165, 1.54) is 19.2 Å². The Hall–Kier alpha value is -3.37. The minimum Gasteiger partial charge on any atom is -0.465 e. The number of esters is 1. The zero-order valence-electron chi connectivity index (χ0n) is 13.6. The highest BCUT2D eigenvalue weighted by Gasteiger charge is 2.32. The number of methoxy groups -OCH3 is 1. The number of nitrogens with zero attached hydrogens (tertiary/aromatic N) is 2. The fraction of sp³-hybridized carbons (Fsp3) is 0.158. The van der Waals surface area contributed by atoms with Crippen LogP contribution in [0, 0.1) is 0 Å². The minimum atomic E-state index is -0.818. The summed E-state index contributed by atoms with van der Waals surface area (Å²) in [6, 6.07) is 15.2. The first-order valence-corrected chi connectivity index (χ1v) is 7.59. The third-order valence-corrected chi connectivity index (χ3v) is 3.64. The highest BCUT2D eigenvalue weighted by molar-refractivity contribution is 6.67. The molecule has 0 unspecified atom stereocenters. The van der Waals surface area contributed by atoms with Gasteiger partial charge < -0.3 is 10.3 Å². The Balaban J connectivity index is 2.21. The van der Waals surface area contributed by atoms with E-state index in [0.717, 1.165) is 5.56 Å². The van der Waals surface area contributed by atoms with Crippen molar-refractivity contribution >= 4 is 23.2 Å². The zero-order valence-corrected chi connectivity index (χ0v) is 13.6. The van der Waals surface area contributed by atoms with Crippen LogP contribution in [0.1, 0.15) is 32.7 Å². The van der Waals surface area contributed by atoms with E-state index >= 15 is 0 Å². The topological polar surface area (TPSA) is 96.8 Å². The maximum Gasteiger partial charge on any atom is 0.405 e. The summed E-state index contributed by atoms with van der Waals surface area (Å²) in [5.41, 5.74) is 9.42. The average molecular weight is 336 g/mol. The van der Waals surface area contributed by atoms with E-state index in [4.69, 9.17) is 5.53 Å². The van der Waals surface area contributed by atoms with Gasteiger partial charge in [0.2, 0.25) is 5.78 Å². The molecule has 2 aromatic carbocycles. The van der Waals surface area contributed by atoms with Gasteiger partial charge in [-0.05, 0) is 24.1 Å². The van der Waals surface area contributed by atoms with Crippen LogP contribution in [0.5, 0.6) is 0 Å². The molecular weight excluding hydrogens is 320 g/mol. The van der Waals surface area contributed by atoms with E-state index < -0.39 is 23.2 Å². The smallest absolute Gasteiger partial charge is 0.405 e. The lowest BCUT2D eigenvalue weighted by Crippen LogP contribution is -2.27. The number of carbonyl (C=O) groups is 3. The highest BCUT2D eigenvalue weighted by Crippen LogP contribution is 2.13. The molecule has 0 aliphatic carbocycles. The average Bonchev–Trinajstić information content (AvgIpc) is 2.67. The molecule has 6 heteroatoms. The van der Waals surface area contributed by atoms with Gasteiger partial charge in [0.25, 0.3) is 5.78 Å². The second-order valence-electron chi connectivity index (χ2n) is 5.22. The SMILES string of the molecule is COC(=O)c1ccccc1C(=O)C(=[N+]=[N-])C(=O)CCc1ccccc1. The number of ether oxygens (including phenoxy) is 1. The van der Waals surface area contributed by atoms with E-state index in [-0.39, 0.29) is 17.5 Å². The second-order valence-corrected chi connectivity index (χ2v) is 5.22. The highest BCUT2D eigenvalue weighted by atomic mass is 16.5. The van der Waals surface area contributed by atoms with Crippen LogP contribution in [0.2, 0.25) is 0 Å². The standard InChI is InChI=1S/C19H16N2O4/c1-25-19(24)15-10-6-5-9-14(15)18(23)17(21-20)16(22)12-11-13-7-3-2-4-8-13/h2-10H,11-12H2,1H3. The summed E-state index contributed by atoms with van der Waals surface area (Å²) in [6.45, 7) is 0. The quantitative estimate of drug-likeness (QED) is 0.194. The summed E-state index contributed by atoms with van der Waals surface area (Å²) in [5, 5.41) is 0. The fourth-order valence-electron chi connectivity index (χ4n) is 2.35. The van der Waals surface area contributed by atoms with Crippen LogP contribution in [0.15, 0.2) is 54.6 Å². The molecule has 0 aliphatic heterocycles. The van der Waals surface area contributed by atoms with Gasteiger partial charge >= 0.3 is 11.7 Å². The van der Waals surface area contributed by atoms with Crippen molar-refractivity contribution in [2.45, 2.75) is 12.8 Å². The Bertz CT molecular complexity index is 853. The van der Waals surface area contributed by atoms with Gasteiger partial charge in [0, 0.05) is 12.0 Å². The molecule has 0 saturated heterocycles. The molecule has 0 saturated carbocycles. The maximum absolute atomic E-state index is 12.6. The van der Waals surface area contributed by atoms with Crippen molar-refractivity contribution in [3.8, 4) is 0 Å². The number of hydrogen-bond donors (Lipinski definition) is 0. The Morgan fingerprint density at radius 3 is 2.16 bits per heavy atom. The van der Waals surface area contributed by atoms with Crippen LogP contribution in [-0.4, -0.2) is 35.1 Å². The summed E-state index contributed by atoms with van der Waals surface area (Å²) < 4.78 is 4.63. The van der Waals surface area contributed by atoms with Crippen LogP contribution in [0.3, 0.4) is 0 Å². The predicted octanol–water partition coefficient (Wildman–Crippen LogP) is 2.53. The molecule has 2 rings (SSSR count). The lowest BCUT2D eigenvalue weighted by molar-refractivity contribution is -0.116. The summed E-state index contributed by atoms with van der Waals surface area (Å²) in [5.74, 6) is -2.13. The molecule has 0 aromatic heterocycles. The number of carbonyl (C=O) groups excluding carboxylic acids is 3. The van der Waals surface area contributed by atoms with Gasteiger partial charge in [-0.25, -0.2) is 4.79 Å². The summed E-state index contributed by atoms with van der Waals surface area (Å²) in [4.78, 5) is 39.5. The van der Waals surface area contributed by atoms with E-state index in [9.17, 15) is 14.4 Å². The Labute approximate surface area is 144 Å². The molecule has 0 radical (unpaired) electrons. The molecule has 2 aromatic rings. The van der Waals surface area contributed by atoms with Crippen molar-refractivity contribution in [2.75, 3.05) is 7.11 Å². The van der Waals surface area contributed by atoms with E-state index in [2.05, 4.69) is 9.53 Å². The molecule has 126 valence electrons. The van der Waals surface area contributed by atoms with Crippen molar-refractivity contribution in [3.63, 3.8) is 0 Å². The number of ketones is 2. The summed E-state index contributed by atoms with van der Waals surface area (Å²) >= 11 is 0. The second kappa shape index (κ2) is 8.47. The number of Topliss-reactive ketones (excluding diaryl/α,β-unsaturated/α-hetero) is 2. The largest absolute Gasteiger partial charge is 0.465 e. The Kier molecular flexibility index (Phi) is 6.09. The van der Waals surface area contributed by atoms with Crippen LogP contribution in [0.4, 0.5) is 0 Å². The molecule has 0 amide bonds. The van der Waals surface area contributed by atoms with Crippen LogP contribution in [0.25, 0.3) is 5.53 Å². The number of hydrogen-bond acceptors (Lipinski definition) is 4. The van der Waals surface area contributed by atoms with Crippen molar-refractivity contribution in [1.82, 2.24) is 0 Å². The van der Waals surface area contributed by atoms with Gasteiger partial charge in [-0.15, -0.1) is 0 Å². The molecule has 25 heavy (non-hydrogen) atoms. The van der Waals surface area contributed by atoms with Gasteiger partial charge in [-0.1, -0.05) is 42.5 Å². The number of aryl methyl sites for hydroxylation is 1. The van der Waals surface area contributed by atoms with Gasteiger partial charge in [-0.3, -0.25) is 9.59 Å². The van der Waals surface area contributed by atoms with Crippen LogP contribution < -0.4 is 0 Å². The lowest BCUT2D eigenvalue weighted by atomic mass is 9.96. The normalized spacial score (nSPS) is 9.80. The number of benzene rings is 2. The van der Waals surface area contributed by atoms with Crippen molar-refractivity contribution < 1.29 is 23.9 Å². The van der Waals surface area contributed by atoms with E-state index in [1.54, 1.807) is 12.1 Å². The zero-order chi connectivity index (χ0) is 18.2. The first-order chi connectivity index (χ1) is 12.1. The van der Waals surface area contributed by atoms with E-state index in [0.29, 0.717) is 6.42 Å². The molecular formula is C19H16N2O4. The molecule has 0 N–H and O–H groups in total. The van der Waals surface area contributed by atoms with E-state index in [1.807, 2.05) is 30.3 Å². The van der Waals surface area contributed by atoms with Crippen molar-refractivity contribution in [1.29, 1.82) is 0 Å². The fourth-order valence-corrected chi connectivity index (χ4v) is 2.35. The van der Waals surface area contributed by atoms with Crippen LogP contribution >= 0.6 is 0 Å². The van der Waals surface area contributed by atoms with Crippen LogP contribution in [-0.2, 0) is 16.0 Å². The molecule has 0 heterocycles. The monoisotopic (exact) mass is 336 g/mol. The van der Waals surface area contributed by atoms with Gasteiger partial charge in [0.1, 0.15) is 0 Å². The maximum atomic E-state index is 12.6.